The third kappa shape index (κ3) is 7.60. The number of hydrogen-bond acceptors (Lipinski definition) is 5. The van der Waals surface area contributed by atoms with Gasteiger partial charge < -0.3 is 15.4 Å². The Hall–Kier alpha value is -1.69. The lowest BCUT2D eigenvalue weighted by Gasteiger charge is -2.06. The van der Waals surface area contributed by atoms with Gasteiger partial charge in [-0.05, 0) is 19.3 Å². The summed E-state index contributed by atoms with van der Waals surface area (Å²) >= 11 is 0. The maximum Gasteiger partial charge on any atom is 0.271 e. The maximum absolute atomic E-state index is 11.8. The third-order valence-electron chi connectivity index (χ3n) is 2.83. The highest BCUT2D eigenvalue weighted by Crippen LogP contribution is 2.01. The molecule has 0 aliphatic rings. The minimum atomic E-state index is -0.196. The summed E-state index contributed by atoms with van der Waals surface area (Å²) in [6, 6.07) is 0. The Morgan fingerprint density at radius 3 is 2.57 bits per heavy atom. The number of carbonyl (C=O) groups excluding carboxylic acids is 1. The molecule has 1 rings (SSSR count). The Labute approximate surface area is 126 Å². The lowest BCUT2D eigenvalue weighted by atomic mass is 10.3. The summed E-state index contributed by atoms with van der Waals surface area (Å²) in [6.07, 6.45) is 7.12. The highest BCUT2D eigenvalue weighted by Gasteiger charge is 2.06. The predicted octanol–water partition coefficient (Wildman–Crippen LogP) is 2.24. The Morgan fingerprint density at radius 2 is 1.90 bits per heavy atom. The van der Waals surface area contributed by atoms with Crippen LogP contribution in [0.15, 0.2) is 12.4 Å². The standard InChI is InChI=1S/C15H26N4O2/c1-3-5-9-21-10-6-8-17-15(20)13-11-19-14(12-18-13)16-7-4-2/h11-12H,3-10H2,1-2H3,(H,16,19)(H,17,20). The van der Waals surface area contributed by atoms with Crippen molar-refractivity contribution in [3.05, 3.63) is 18.1 Å². The number of unbranched alkanes of at least 4 members (excludes halogenated alkanes) is 1. The first-order valence-electron chi connectivity index (χ1n) is 7.69. The molecule has 0 fully saturated rings. The minimum Gasteiger partial charge on any atom is -0.381 e. The van der Waals surface area contributed by atoms with E-state index in [1.807, 2.05) is 0 Å². The molecule has 0 bridgehead atoms. The second-order valence-corrected chi connectivity index (χ2v) is 4.79. The van der Waals surface area contributed by atoms with Gasteiger partial charge >= 0.3 is 0 Å². The molecule has 2 N–H and O–H groups in total. The van der Waals surface area contributed by atoms with E-state index in [4.69, 9.17) is 4.74 Å². The summed E-state index contributed by atoms with van der Waals surface area (Å²) in [5.41, 5.74) is 0.337. The number of amides is 1. The van der Waals surface area contributed by atoms with Crippen molar-refractivity contribution in [2.75, 3.05) is 31.6 Å². The van der Waals surface area contributed by atoms with Gasteiger partial charge in [0.15, 0.2) is 0 Å². The van der Waals surface area contributed by atoms with Crippen molar-refractivity contribution in [2.45, 2.75) is 39.5 Å². The smallest absolute Gasteiger partial charge is 0.271 e. The van der Waals surface area contributed by atoms with Crippen LogP contribution >= 0.6 is 0 Å². The topological polar surface area (TPSA) is 76.1 Å². The van der Waals surface area contributed by atoms with Crippen LogP contribution in [0.25, 0.3) is 0 Å². The van der Waals surface area contributed by atoms with Gasteiger partial charge in [-0.25, -0.2) is 9.97 Å². The summed E-state index contributed by atoms with van der Waals surface area (Å²) < 4.78 is 5.43. The Bertz CT molecular complexity index is 395. The van der Waals surface area contributed by atoms with Crippen LogP contribution in [0.3, 0.4) is 0 Å². The molecule has 6 heteroatoms. The molecule has 1 aromatic rings. The van der Waals surface area contributed by atoms with E-state index in [-0.39, 0.29) is 5.91 Å². The van der Waals surface area contributed by atoms with Gasteiger partial charge in [0.1, 0.15) is 11.5 Å². The molecule has 0 saturated heterocycles. The first-order valence-corrected chi connectivity index (χ1v) is 7.69. The average Bonchev–Trinajstić information content (AvgIpc) is 2.52. The highest BCUT2D eigenvalue weighted by atomic mass is 16.5. The van der Waals surface area contributed by atoms with Crippen LogP contribution in [-0.2, 0) is 4.74 Å². The first-order chi connectivity index (χ1) is 10.3. The van der Waals surface area contributed by atoms with Crippen LogP contribution in [0.5, 0.6) is 0 Å². The number of ether oxygens (including phenoxy) is 1. The van der Waals surface area contributed by atoms with E-state index >= 15 is 0 Å². The van der Waals surface area contributed by atoms with Crippen molar-refractivity contribution in [1.82, 2.24) is 15.3 Å². The van der Waals surface area contributed by atoms with E-state index in [1.165, 1.54) is 6.20 Å². The quantitative estimate of drug-likeness (QED) is 0.612. The lowest BCUT2D eigenvalue weighted by Crippen LogP contribution is -2.26. The zero-order valence-corrected chi connectivity index (χ0v) is 13.0. The Morgan fingerprint density at radius 1 is 1.10 bits per heavy atom. The molecule has 6 nitrogen and oxygen atoms in total. The van der Waals surface area contributed by atoms with Crippen molar-refractivity contribution < 1.29 is 9.53 Å². The van der Waals surface area contributed by atoms with Gasteiger partial charge in [0.2, 0.25) is 0 Å². The molecule has 1 heterocycles. The fourth-order valence-electron chi connectivity index (χ4n) is 1.60. The summed E-state index contributed by atoms with van der Waals surface area (Å²) in [5.74, 6) is 0.496. The monoisotopic (exact) mass is 294 g/mol. The maximum atomic E-state index is 11.8. The molecular formula is C15H26N4O2. The summed E-state index contributed by atoms with van der Waals surface area (Å²) in [6.45, 7) is 7.11. The van der Waals surface area contributed by atoms with Gasteiger partial charge in [0.25, 0.3) is 5.91 Å². The molecule has 0 radical (unpaired) electrons. The van der Waals surface area contributed by atoms with Crippen LogP contribution in [0.4, 0.5) is 5.82 Å². The molecule has 0 spiro atoms. The zero-order chi connectivity index (χ0) is 15.3. The van der Waals surface area contributed by atoms with E-state index < -0.39 is 0 Å². The van der Waals surface area contributed by atoms with Crippen LogP contribution in [0.1, 0.15) is 50.0 Å². The van der Waals surface area contributed by atoms with Gasteiger partial charge in [0.05, 0.1) is 12.4 Å². The van der Waals surface area contributed by atoms with Crippen LogP contribution in [0, 0.1) is 0 Å². The first kappa shape index (κ1) is 17.4. The number of nitrogens with zero attached hydrogens (tertiary/aromatic N) is 2. The predicted molar refractivity (Wildman–Crippen MR) is 83.5 cm³/mol. The van der Waals surface area contributed by atoms with E-state index in [9.17, 15) is 4.79 Å². The van der Waals surface area contributed by atoms with Crippen molar-refractivity contribution >= 4 is 11.7 Å². The van der Waals surface area contributed by atoms with Gasteiger partial charge in [0, 0.05) is 26.3 Å². The largest absolute Gasteiger partial charge is 0.381 e. The molecule has 0 aromatic carbocycles. The minimum absolute atomic E-state index is 0.196. The Kier molecular flexibility index (Phi) is 9.11. The second kappa shape index (κ2) is 11.0. The fourth-order valence-corrected chi connectivity index (χ4v) is 1.60. The Balaban J connectivity index is 2.19. The zero-order valence-electron chi connectivity index (χ0n) is 13.0. The molecular weight excluding hydrogens is 268 g/mol. The van der Waals surface area contributed by atoms with Crippen molar-refractivity contribution in [2.24, 2.45) is 0 Å². The fraction of sp³-hybridized carbons (Fsp3) is 0.667. The van der Waals surface area contributed by atoms with Gasteiger partial charge in [-0.2, -0.15) is 0 Å². The number of anilines is 1. The molecule has 0 aliphatic carbocycles. The molecule has 1 amide bonds. The molecule has 118 valence electrons. The number of nitrogens with one attached hydrogen (secondary N) is 2. The number of aromatic nitrogens is 2. The normalized spacial score (nSPS) is 10.4. The molecule has 1 aromatic heterocycles. The van der Waals surface area contributed by atoms with Crippen molar-refractivity contribution in [1.29, 1.82) is 0 Å². The number of hydrogen-bond donors (Lipinski definition) is 2. The summed E-state index contributed by atoms with van der Waals surface area (Å²) in [4.78, 5) is 20.1. The van der Waals surface area contributed by atoms with Crippen LogP contribution < -0.4 is 10.6 Å². The number of carbonyl (C=O) groups is 1. The second-order valence-electron chi connectivity index (χ2n) is 4.79. The molecule has 0 unspecified atom stereocenters. The van der Waals surface area contributed by atoms with E-state index in [1.54, 1.807) is 6.20 Å². The van der Waals surface area contributed by atoms with E-state index in [2.05, 4.69) is 34.4 Å². The van der Waals surface area contributed by atoms with E-state index in [0.29, 0.717) is 24.7 Å². The highest BCUT2D eigenvalue weighted by molar-refractivity contribution is 5.91. The van der Waals surface area contributed by atoms with E-state index in [0.717, 1.165) is 38.8 Å². The molecule has 0 saturated carbocycles. The van der Waals surface area contributed by atoms with Crippen LogP contribution in [0.2, 0.25) is 0 Å². The number of rotatable bonds is 11. The molecule has 0 atom stereocenters. The average molecular weight is 294 g/mol. The van der Waals surface area contributed by atoms with Gasteiger partial charge in [-0.15, -0.1) is 0 Å². The van der Waals surface area contributed by atoms with Crippen LogP contribution in [-0.4, -0.2) is 42.2 Å². The molecule has 0 aliphatic heterocycles. The van der Waals surface area contributed by atoms with Gasteiger partial charge in [-0.3, -0.25) is 4.79 Å². The van der Waals surface area contributed by atoms with Gasteiger partial charge in [-0.1, -0.05) is 20.3 Å². The third-order valence-corrected chi connectivity index (χ3v) is 2.83. The van der Waals surface area contributed by atoms with Crippen molar-refractivity contribution in [3.8, 4) is 0 Å². The SMILES string of the molecule is CCCCOCCCNC(=O)c1cnc(NCCC)cn1. The van der Waals surface area contributed by atoms with Crippen molar-refractivity contribution in [3.63, 3.8) is 0 Å². The lowest BCUT2D eigenvalue weighted by molar-refractivity contribution is 0.0935. The molecule has 21 heavy (non-hydrogen) atoms. The summed E-state index contributed by atoms with van der Waals surface area (Å²) in [7, 11) is 0. The summed E-state index contributed by atoms with van der Waals surface area (Å²) in [5, 5.41) is 5.93.